The quantitative estimate of drug-likeness (QED) is 0.336. The Labute approximate surface area is 177 Å². The molecular formula is C22H17ClN4O3. The predicted octanol–water partition coefficient (Wildman–Crippen LogP) is 4.67. The predicted molar refractivity (Wildman–Crippen MR) is 114 cm³/mol. The molecule has 2 aromatic carbocycles. The van der Waals surface area contributed by atoms with Gasteiger partial charge in [-0.1, -0.05) is 29.8 Å². The van der Waals surface area contributed by atoms with Crippen LogP contribution in [0.1, 0.15) is 21.8 Å². The van der Waals surface area contributed by atoms with Gasteiger partial charge < -0.3 is 9.15 Å². The minimum Gasteiger partial charge on any atom is -0.489 e. The summed E-state index contributed by atoms with van der Waals surface area (Å²) in [6.07, 6.45) is 2.94. The molecule has 7 nitrogen and oxygen atoms in total. The average molecular weight is 421 g/mol. The van der Waals surface area contributed by atoms with Gasteiger partial charge >= 0.3 is 0 Å². The first-order valence-corrected chi connectivity index (χ1v) is 9.46. The molecule has 2 N–H and O–H groups in total. The first kappa shape index (κ1) is 19.5. The second-order valence-corrected chi connectivity index (χ2v) is 6.69. The highest BCUT2D eigenvalue weighted by Gasteiger charge is 2.11. The number of ether oxygens (including phenoxy) is 1. The Bertz CT molecular complexity index is 1150. The molecule has 0 bridgehead atoms. The van der Waals surface area contributed by atoms with Gasteiger partial charge in [0.25, 0.3) is 5.91 Å². The van der Waals surface area contributed by atoms with Crippen LogP contribution in [0.4, 0.5) is 0 Å². The van der Waals surface area contributed by atoms with Crippen LogP contribution in [0.2, 0.25) is 5.02 Å². The molecule has 0 spiro atoms. The number of aromatic nitrogens is 2. The number of furan rings is 1. The zero-order valence-electron chi connectivity index (χ0n) is 15.7. The van der Waals surface area contributed by atoms with Crippen LogP contribution >= 0.6 is 11.6 Å². The molecular weight excluding hydrogens is 404 g/mol. The molecule has 0 fully saturated rings. The number of benzene rings is 2. The third-order valence-corrected chi connectivity index (χ3v) is 4.59. The Morgan fingerprint density at radius 3 is 2.77 bits per heavy atom. The van der Waals surface area contributed by atoms with Gasteiger partial charge in [-0.3, -0.25) is 9.89 Å². The summed E-state index contributed by atoms with van der Waals surface area (Å²) >= 11 is 6.14. The highest BCUT2D eigenvalue weighted by Crippen LogP contribution is 2.23. The summed E-state index contributed by atoms with van der Waals surface area (Å²) < 4.78 is 10.9. The van der Waals surface area contributed by atoms with Crippen molar-refractivity contribution >= 4 is 23.7 Å². The Morgan fingerprint density at radius 2 is 2.00 bits per heavy atom. The van der Waals surface area contributed by atoms with Gasteiger partial charge in [-0.25, -0.2) is 5.43 Å². The van der Waals surface area contributed by atoms with E-state index in [1.807, 2.05) is 48.5 Å². The lowest BCUT2D eigenvalue weighted by atomic mass is 10.1. The zero-order chi connectivity index (χ0) is 20.8. The van der Waals surface area contributed by atoms with Gasteiger partial charge in [0.05, 0.1) is 18.2 Å². The Kier molecular flexibility index (Phi) is 5.91. The van der Waals surface area contributed by atoms with E-state index in [2.05, 4.69) is 20.7 Å². The maximum absolute atomic E-state index is 12.2. The fraction of sp³-hybridized carbons (Fsp3) is 0.0455. The van der Waals surface area contributed by atoms with Crippen molar-refractivity contribution in [1.29, 1.82) is 0 Å². The van der Waals surface area contributed by atoms with Gasteiger partial charge in [-0.15, -0.1) is 0 Å². The number of carbonyl (C=O) groups excluding carboxylic acids is 1. The van der Waals surface area contributed by atoms with Gasteiger partial charge in [0.2, 0.25) is 0 Å². The van der Waals surface area contributed by atoms with Crippen LogP contribution in [0.15, 0.2) is 82.5 Å². The molecule has 0 saturated heterocycles. The second-order valence-electron chi connectivity index (χ2n) is 6.29. The Hall–Kier alpha value is -3.84. The summed E-state index contributed by atoms with van der Waals surface area (Å²) in [6.45, 7) is 0.379. The largest absolute Gasteiger partial charge is 0.489 e. The summed E-state index contributed by atoms with van der Waals surface area (Å²) in [5.41, 5.74) is 5.10. The van der Waals surface area contributed by atoms with Gasteiger partial charge in [-0.05, 0) is 48.5 Å². The lowest BCUT2D eigenvalue weighted by Crippen LogP contribution is -2.17. The summed E-state index contributed by atoms with van der Waals surface area (Å²) in [7, 11) is 0. The summed E-state index contributed by atoms with van der Waals surface area (Å²) in [5.74, 6) is 0.841. The molecule has 0 aliphatic carbocycles. The topological polar surface area (TPSA) is 92.5 Å². The zero-order valence-corrected chi connectivity index (χ0v) is 16.5. The number of hydrogen-bond donors (Lipinski definition) is 2. The summed E-state index contributed by atoms with van der Waals surface area (Å²) in [6, 6.07) is 20.1. The van der Waals surface area contributed by atoms with E-state index in [0.29, 0.717) is 34.5 Å². The highest BCUT2D eigenvalue weighted by atomic mass is 35.5. The minimum atomic E-state index is -0.406. The third kappa shape index (κ3) is 4.76. The molecule has 1 amide bonds. The van der Waals surface area contributed by atoms with Crippen LogP contribution in [0.3, 0.4) is 0 Å². The smallest absolute Gasteiger partial charge is 0.289 e. The van der Waals surface area contributed by atoms with Gasteiger partial charge in [0.1, 0.15) is 23.8 Å². The monoisotopic (exact) mass is 420 g/mol. The number of H-pyrrole nitrogens is 1. The van der Waals surface area contributed by atoms with E-state index >= 15 is 0 Å². The van der Waals surface area contributed by atoms with Crippen molar-refractivity contribution in [3.63, 3.8) is 0 Å². The molecule has 8 heteroatoms. The number of rotatable bonds is 7. The van der Waals surface area contributed by atoms with E-state index in [0.717, 1.165) is 11.1 Å². The fourth-order valence-corrected chi connectivity index (χ4v) is 2.85. The van der Waals surface area contributed by atoms with E-state index in [1.165, 1.54) is 12.5 Å². The van der Waals surface area contributed by atoms with E-state index in [4.69, 9.17) is 20.8 Å². The number of hydrazone groups is 1. The first-order valence-electron chi connectivity index (χ1n) is 9.08. The van der Waals surface area contributed by atoms with Crippen molar-refractivity contribution in [2.45, 2.75) is 6.61 Å². The van der Waals surface area contributed by atoms with Crippen LogP contribution in [-0.4, -0.2) is 22.3 Å². The number of halogens is 1. The maximum atomic E-state index is 12.2. The minimum absolute atomic E-state index is 0.292. The Balaban J connectivity index is 1.36. The standard InChI is InChI=1S/C22H17ClN4O3/c23-19-6-2-1-4-16(19)14-30-17-9-7-15(8-10-17)20-12-21(26-25-20)22(28)27-24-13-18-5-3-11-29-18/h1-13H,14H2,(H,25,26)(H,27,28)/b24-13+. The molecule has 2 heterocycles. The van der Waals surface area contributed by atoms with E-state index in [-0.39, 0.29) is 0 Å². The number of amides is 1. The van der Waals surface area contributed by atoms with Crippen LogP contribution in [0.25, 0.3) is 11.3 Å². The highest BCUT2D eigenvalue weighted by molar-refractivity contribution is 6.31. The molecule has 0 unspecified atom stereocenters. The molecule has 2 aromatic heterocycles. The molecule has 150 valence electrons. The number of nitrogens with zero attached hydrogens (tertiary/aromatic N) is 2. The molecule has 4 rings (SSSR count). The van der Waals surface area contributed by atoms with Gasteiger partial charge in [0.15, 0.2) is 0 Å². The van der Waals surface area contributed by atoms with Crippen molar-refractivity contribution in [3.05, 3.63) is 95.0 Å². The third-order valence-electron chi connectivity index (χ3n) is 4.23. The average Bonchev–Trinajstić information content (AvgIpc) is 3.46. The van der Waals surface area contributed by atoms with Crippen molar-refractivity contribution < 1.29 is 13.9 Å². The van der Waals surface area contributed by atoms with Gasteiger partial charge in [0, 0.05) is 16.1 Å². The number of aromatic amines is 1. The Morgan fingerprint density at radius 1 is 1.17 bits per heavy atom. The van der Waals surface area contributed by atoms with Crippen molar-refractivity contribution in [3.8, 4) is 17.0 Å². The fourth-order valence-electron chi connectivity index (χ4n) is 2.66. The SMILES string of the molecule is O=C(N/N=C/c1ccco1)c1cc(-c2ccc(OCc3ccccc3Cl)cc2)n[nH]1. The van der Waals surface area contributed by atoms with Crippen molar-refractivity contribution in [2.24, 2.45) is 5.10 Å². The maximum Gasteiger partial charge on any atom is 0.289 e. The van der Waals surface area contributed by atoms with Crippen molar-refractivity contribution in [1.82, 2.24) is 15.6 Å². The van der Waals surface area contributed by atoms with Crippen LogP contribution < -0.4 is 10.2 Å². The second kappa shape index (κ2) is 9.11. The molecule has 0 saturated carbocycles. The van der Waals surface area contributed by atoms with E-state index in [9.17, 15) is 4.79 Å². The van der Waals surface area contributed by atoms with Crippen LogP contribution in [0, 0.1) is 0 Å². The van der Waals surface area contributed by atoms with E-state index < -0.39 is 5.91 Å². The first-order chi connectivity index (χ1) is 14.7. The van der Waals surface area contributed by atoms with E-state index in [1.54, 1.807) is 18.2 Å². The lowest BCUT2D eigenvalue weighted by Gasteiger charge is -2.08. The van der Waals surface area contributed by atoms with Crippen LogP contribution in [0.5, 0.6) is 5.75 Å². The normalized spacial score (nSPS) is 11.0. The summed E-state index contributed by atoms with van der Waals surface area (Å²) in [4.78, 5) is 12.2. The summed E-state index contributed by atoms with van der Waals surface area (Å²) in [5, 5.41) is 11.4. The number of carbonyl (C=O) groups is 1. The molecule has 0 atom stereocenters. The number of nitrogens with one attached hydrogen (secondary N) is 2. The molecule has 4 aromatic rings. The van der Waals surface area contributed by atoms with Crippen molar-refractivity contribution in [2.75, 3.05) is 0 Å². The van der Waals surface area contributed by atoms with Crippen LogP contribution in [-0.2, 0) is 6.61 Å². The molecule has 30 heavy (non-hydrogen) atoms. The molecule has 0 radical (unpaired) electrons. The number of hydrogen-bond acceptors (Lipinski definition) is 5. The lowest BCUT2D eigenvalue weighted by molar-refractivity contribution is 0.0950. The van der Waals surface area contributed by atoms with Gasteiger partial charge in [-0.2, -0.15) is 10.2 Å². The molecule has 0 aliphatic rings. The molecule has 0 aliphatic heterocycles.